The number of hydrogen-bond donors (Lipinski definition) is 2. The van der Waals surface area contributed by atoms with E-state index in [9.17, 15) is 0 Å². The molecule has 5 heteroatoms. The molecule has 2 aromatic rings. The molecule has 0 amide bonds. The largest absolute Gasteiger partial charge is 0.395 e. The summed E-state index contributed by atoms with van der Waals surface area (Å²) in [5, 5.41) is 4.41. The molecule has 1 saturated carbocycles. The van der Waals surface area contributed by atoms with Crippen molar-refractivity contribution in [3.05, 3.63) is 17.6 Å². The fourth-order valence-electron chi connectivity index (χ4n) is 2.79. The Hall–Kier alpha value is -0.940. The van der Waals surface area contributed by atoms with Crippen molar-refractivity contribution in [2.75, 3.05) is 17.3 Å². The van der Waals surface area contributed by atoms with Crippen molar-refractivity contribution >= 4 is 44.7 Å². The van der Waals surface area contributed by atoms with Gasteiger partial charge in [-0.15, -0.1) is 11.3 Å². The van der Waals surface area contributed by atoms with Gasteiger partial charge in [-0.1, -0.05) is 6.42 Å². The molecule has 3 nitrogen and oxygen atoms in total. The van der Waals surface area contributed by atoms with Crippen LogP contribution in [0, 0.1) is 0 Å². The monoisotopic (exact) mass is 293 g/mol. The van der Waals surface area contributed by atoms with Crippen molar-refractivity contribution < 1.29 is 0 Å². The zero-order valence-corrected chi connectivity index (χ0v) is 12.7. The number of benzene rings is 1. The molecule has 2 unspecified atom stereocenters. The van der Waals surface area contributed by atoms with Gasteiger partial charge in [-0.2, -0.15) is 11.8 Å². The van der Waals surface area contributed by atoms with E-state index < -0.39 is 0 Å². The second-order valence-electron chi connectivity index (χ2n) is 5.09. The molecule has 1 fully saturated rings. The first-order chi connectivity index (χ1) is 9.28. The second-order valence-corrected chi connectivity index (χ2v) is 7.12. The minimum atomic E-state index is 0.546. The van der Waals surface area contributed by atoms with Crippen molar-refractivity contribution in [1.29, 1.82) is 0 Å². The first-order valence-electron chi connectivity index (χ1n) is 6.69. The smallest absolute Gasteiger partial charge is 0.106 e. The van der Waals surface area contributed by atoms with Gasteiger partial charge in [0.1, 0.15) is 5.52 Å². The molecule has 0 spiro atoms. The number of aromatic nitrogens is 1. The molecule has 1 aliphatic carbocycles. The predicted molar refractivity (Wildman–Crippen MR) is 87.2 cm³/mol. The van der Waals surface area contributed by atoms with Crippen molar-refractivity contribution in [1.82, 2.24) is 4.98 Å². The van der Waals surface area contributed by atoms with Crippen LogP contribution < -0.4 is 11.1 Å². The van der Waals surface area contributed by atoms with Gasteiger partial charge in [0.15, 0.2) is 0 Å². The van der Waals surface area contributed by atoms with Gasteiger partial charge in [-0.3, -0.25) is 0 Å². The number of nitrogens with one attached hydrogen (secondary N) is 1. The molecule has 3 N–H and O–H groups in total. The van der Waals surface area contributed by atoms with Crippen LogP contribution >= 0.6 is 23.1 Å². The second kappa shape index (κ2) is 5.59. The van der Waals surface area contributed by atoms with Crippen LogP contribution in [0.1, 0.15) is 25.7 Å². The van der Waals surface area contributed by atoms with Crippen molar-refractivity contribution in [2.24, 2.45) is 0 Å². The van der Waals surface area contributed by atoms with Gasteiger partial charge in [-0.25, -0.2) is 4.98 Å². The molecular weight excluding hydrogens is 274 g/mol. The molecule has 1 aliphatic rings. The number of nitrogens with two attached hydrogens (primary N) is 1. The Labute approximate surface area is 122 Å². The zero-order valence-electron chi connectivity index (χ0n) is 11.1. The number of thiazole rings is 1. The van der Waals surface area contributed by atoms with Crippen molar-refractivity contribution in [3.8, 4) is 0 Å². The number of nitrogens with zero attached hydrogens (tertiary/aromatic N) is 1. The maximum atomic E-state index is 6.22. The Kier molecular flexibility index (Phi) is 3.84. The zero-order chi connectivity index (χ0) is 13.2. The minimum absolute atomic E-state index is 0.546. The first kappa shape index (κ1) is 13.1. The molecular formula is C14H19N3S2. The lowest BCUT2D eigenvalue weighted by Crippen LogP contribution is -2.28. The van der Waals surface area contributed by atoms with Gasteiger partial charge in [0.25, 0.3) is 0 Å². The highest BCUT2D eigenvalue weighted by molar-refractivity contribution is 7.99. The van der Waals surface area contributed by atoms with Crippen LogP contribution in [-0.2, 0) is 0 Å². The maximum Gasteiger partial charge on any atom is 0.106 e. The van der Waals surface area contributed by atoms with Crippen LogP contribution in [0.25, 0.3) is 10.2 Å². The Morgan fingerprint density at radius 1 is 1.42 bits per heavy atom. The number of fused-ring (bicyclic) bond motifs is 1. The van der Waals surface area contributed by atoms with E-state index in [0.29, 0.717) is 6.04 Å². The fraction of sp³-hybridized carbons (Fsp3) is 0.500. The van der Waals surface area contributed by atoms with Crippen LogP contribution in [0.2, 0.25) is 0 Å². The quantitative estimate of drug-likeness (QED) is 0.841. The van der Waals surface area contributed by atoms with E-state index in [-0.39, 0.29) is 0 Å². The lowest BCUT2D eigenvalue weighted by Gasteiger charge is -2.29. The van der Waals surface area contributed by atoms with Gasteiger partial charge < -0.3 is 11.1 Å². The molecule has 1 heterocycles. The lowest BCUT2D eigenvalue weighted by atomic mass is 9.94. The highest BCUT2D eigenvalue weighted by Gasteiger charge is 2.21. The molecule has 0 radical (unpaired) electrons. The molecule has 1 aromatic carbocycles. The van der Waals surface area contributed by atoms with Gasteiger partial charge in [-0.05, 0) is 37.7 Å². The Balaban J connectivity index is 1.79. The Morgan fingerprint density at radius 3 is 3.16 bits per heavy atom. The molecule has 0 saturated heterocycles. The number of anilines is 2. The average molecular weight is 293 g/mol. The first-order valence-corrected chi connectivity index (χ1v) is 8.85. The van der Waals surface area contributed by atoms with E-state index in [1.807, 2.05) is 17.3 Å². The standard InChI is InChI=1S/C14H19N3S2/c1-18-10-4-2-3-9(7-10)17-11-5-6-12-14(13(11)15)16-8-19-12/h5-6,8-10,17H,2-4,7,15H2,1H3. The predicted octanol–water partition coefficient (Wildman–Crippen LogP) is 3.96. The summed E-state index contributed by atoms with van der Waals surface area (Å²) in [7, 11) is 0. The van der Waals surface area contributed by atoms with Crippen LogP contribution in [0.3, 0.4) is 0 Å². The summed E-state index contributed by atoms with van der Waals surface area (Å²) in [5.74, 6) is 0. The van der Waals surface area contributed by atoms with Crippen LogP contribution in [0.15, 0.2) is 17.6 Å². The van der Waals surface area contributed by atoms with E-state index in [1.54, 1.807) is 11.3 Å². The third-order valence-electron chi connectivity index (χ3n) is 3.86. The molecule has 1 aromatic heterocycles. The highest BCUT2D eigenvalue weighted by atomic mass is 32.2. The van der Waals surface area contributed by atoms with Gasteiger partial charge in [0, 0.05) is 11.3 Å². The topological polar surface area (TPSA) is 50.9 Å². The Bertz CT molecular complexity index is 567. The minimum Gasteiger partial charge on any atom is -0.395 e. The SMILES string of the molecule is CSC1CCCC(Nc2ccc3scnc3c2N)C1. The van der Waals surface area contributed by atoms with Crippen LogP contribution in [0.4, 0.5) is 11.4 Å². The summed E-state index contributed by atoms with van der Waals surface area (Å²) in [5.41, 5.74) is 10.9. The molecule has 19 heavy (non-hydrogen) atoms. The van der Waals surface area contributed by atoms with E-state index in [0.717, 1.165) is 26.8 Å². The van der Waals surface area contributed by atoms with E-state index in [2.05, 4.69) is 28.7 Å². The lowest BCUT2D eigenvalue weighted by molar-refractivity contribution is 0.474. The average Bonchev–Trinajstić information content (AvgIpc) is 2.91. The van der Waals surface area contributed by atoms with Gasteiger partial charge in [0.05, 0.1) is 21.6 Å². The number of thioether (sulfide) groups is 1. The maximum absolute atomic E-state index is 6.22. The van der Waals surface area contributed by atoms with Gasteiger partial charge >= 0.3 is 0 Å². The highest BCUT2D eigenvalue weighted by Crippen LogP contribution is 2.33. The number of nitrogen functional groups attached to an aromatic ring is 1. The number of rotatable bonds is 3. The van der Waals surface area contributed by atoms with E-state index >= 15 is 0 Å². The summed E-state index contributed by atoms with van der Waals surface area (Å²) < 4.78 is 1.16. The number of hydrogen-bond acceptors (Lipinski definition) is 5. The summed E-state index contributed by atoms with van der Waals surface area (Å²) in [4.78, 5) is 4.35. The van der Waals surface area contributed by atoms with Crippen LogP contribution in [0.5, 0.6) is 0 Å². The molecule has 3 rings (SSSR count). The summed E-state index contributed by atoms with van der Waals surface area (Å²) >= 11 is 3.62. The van der Waals surface area contributed by atoms with Crippen molar-refractivity contribution in [2.45, 2.75) is 37.0 Å². The van der Waals surface area contributed by atoms with Crippen LogP contribution in [-0.4, -0.2) is 22.5 Å². The third kappa shape index (κ3) is 2.67. The van der Waals surface area contributed by atoms with Gasteiger partial charge in [0.2, 0.25) is 0 Å². The summed E-state index contributed by atoms with van der Waals surface area (Å²) in [6, 6.07) is 4.75. The molecule has 0 bridgehead atoms. The van der Waals surface area contributed by atoms with E-state index in [1.165, 1.54) is 25.7 Å². The third-order valence-corrected chi connectivity index (χ3v) is 5.75. The van der Waals surface area contributed by atoms with Crippen molar-refractivity contribution in [3.63, 3.8) is 0 Å². The summed E-state index contributed by atoms with van der Waals surface area (Å²) in [6.07, 6.45) is 7.34. The molecule has 2 atom stereocenters. The summed E-state index contributed by atoms with van der Waals surface area (Å²) in [6.45, 7) is 0. The van der Waals surface area contributed by atoms with E-state index in [4.69, 9.17) is 5.73 Å². The fourth-order valence-corrected chi connectivity index (χ4v) is 4.31. The molecule has 0 aliphatic heterocycles. The normalized spacial score (nSPS) is 23.6. The Morgan fingerprint density at radius 2 is 2.32 bits per heavy atom. The molecule has 102 valence electrons.